The molecule has 0 amide bonds. The van der Waals surface area contributed by atoms with E-state index in [-0.39, 0.29) is 17.8 Å². The summed E-state index contributed by atoms with van der Waals surface area (Å²) in [5.74, 6) is -0.818. The van der Waals surface area contributed by atoms with Crippen molar-refractivity contribution >= 4 is 57.9 Å². The molecule has 0 saturated carbocycles. The number of aliphatic carboxylic acids is 1. The van der Waals surface area contributed by atoms with E-state index in [1.807, 2.05) is 0 Å². The quantitative estimate of drug-likeness (QED) is 0.221. The molecular weight excluding hydrogens is 482 g/mol. The number of aromatic nitrogens is 2. The van der Waals surface area contributed by atoms with Crippen LogP contribution in [0.25, 0.3) is 0 Å². The molecule has 0 aliphatic rings. The van der Waals surface area contributed by atoms with Crippen LogP contribution in [0.5, 0.6) is 0 Å². The third-order valence-electron chi connectivity index (χ3n) is 5.09. The predicted octanol–water partition coefficient (Wildman–Crippen LogP) is 7.29. The second kappa shape index (κ2) is 13.2. The van der Waals surface area contributed by atoms with Crippen LogP contribution in [0.4, 0.5) is 5.13 Å². The maximum absolute atomic E-state index is 11.4. The van der Waals surface area contributed by atoms with Crippen LogP contribution in [0.3, 0.4) is 0 Å². The Hall–Kier alpha value is -0.830. The van der Waals surface area contributed by atoms with Crippen LogP contribution in [0.2, 0.25) is 0 Å². The number of halogens is 1. The Morgan fingerprint density at radius 1 is 1.03 bits per heavy atom. The Labute approximate surface area is 211 Å². The molecule has 0 unspecified atom stereocenters. The standard InChI is InChI=1S/C23H37N3O2S3.ClH/c1-7-8-9-10-11-13-26(20-25-18(16-29-20)22(2,3)4)14-12-17-15-30-21(24-17)31-23(5,6)19(27)28;/h15-16H,7-14H2,1-6H3,(H,27,28);1H. The highest BCUT2D eigenvalue weighted by Gasteiger charge is 2.30. The Bertz CT molecular complexity index is 831. The van der Waals surface area contributed by atoms with Gasteiger partial charge in [0.1, 0.15) is 4.75 Å². The van der Waals surface area contributed by atoms with Crippen molar-refractivity contribution in [1.82, 2.24) is 9.97 Å². The highest BCUT2D eigenvalue weighted by Crippen LogP contribution is 2.35. The molecule has 0 radical (unpaired) electrons. The second-order valence-corrected chi connectivity index (χ2v) is 13.0. The zero-order valence-electron chi connectivity index (χ0n) is 20.1. The van der Waals surface area contributed by atoms with Crippen LogP contribution in [0, 0.1) is 0 Å². The van der Waals surface area contributed by atoms with Gasteiger partial charge in [-0.05, 0) is 20.3 Å². The highest BCUT2D eigenvalue weighted by molar-refractivity contribution is 8.03. The number of rotatable bonds is 13. The molecule has 2 heterocycles. The van der Waals surface area contributed by atoms with E-state index in [1.165, 1.54) is 55.2 Å². The fourth-order valence-corrected chi connectivity index (χ4v) is 6.26. The first kappa shape index (κ1) is 29.2. The molecule has 32 heavy (non-hydrogen) atoms. The maximum Gasteiger partial charge on any atom is 0.319 e. The van der Waals surface area contributed by atoms with Gasteiger partial charge in [-0.1, -0.05) is 65.1 Å². The fourth-order valence-electron chi connectivity index (χ4n) is 2.92. The second-order valence-electron chi connectivity index (χ2n) is 9.44. The molecule has 182 valence electrons. The molecule has 0 bridgehead atoms. The van der Waals surface area contributed by atoms with Gasteiger partial charge in [0.25, 0.3) is 0 Å². The van der Waals surface area contributed by atoms with Crippen molar-refractivity contribution in [3.05, 3.63) is 22.1 Å². The SMILES string of the molecule is CCCCCCCN(CCc1csc(SC(C)(C)C(=O)O)n1)c1nc(C(C)(C)C)cs1.Cl. The normalized spacial score (nSPS) is 11.9. The number of carboxylic acids is 1. The van der Waals surface area contributed by atoms with E-state index < -0.39 is 10.7 Å². The third kappa shape index (κ3) is 9.20. The van der Waals surface area contributed by atoms with Gasteiger partial charge in [-0.25, -0.2) is 9.97 Å². The molecule has 2 aromatic heterocycles. The molecule has 0 saturated heterocycles. The van der Waals surface area contributed by atoms with E-state index in [0.717, 1.165) is 40.4 Å². The van der Waals surface area contributed by atoms with Crippen molar-refractivity contribution in [1.29, 1.82) is 0 Å². The van der Waals surface area contributed by atoms with Crippen molar-refractivity contribution in [2.24, 2.45) is 0 Å². The summed E-state index contributed by atoms with van der Waals surface area (Å²) in [5, 5.41) is 14.7. The van der Waals surface area contributed by atoms with Gasteiger partial charge in [0.15, 0.2) is 9.47 Å². The molecule has 2 rings (SSSR count). The number of nitrogens with zero attached hydrogens (tertiary/aromatic N) is 3. The van der Waals surface area contributed by atoms with Crippen molar-refractivity contribution in [3.63, 3.8) is 0 Å². The van der Waals surface area contributed by atoms with Gasteiger partial charge in [0.05, 0.1) is 11.4 Å². The van der Waals surface area contributed by atoms with Crippen LogP contribution in [-0.4, -0.2) is 38.9 Å². The lowest BCUT2D eigenvalue weighted by molar-refractivity contribution is -0.138. The van der Waals surface area contributed by atoms with Gasteiger partial charge < -0.3 is 10.0 Å². The Morgan fingerprint density at radius 3 is 2.31 bits per heavy atom. The topological polar surface area (TPSA) is 66.3 Å². The molecule has 0 fully saturated rings. The van der Waals surface area contributed by atoms with Gasteiger partial charge in [-0.3, -0.25) is 4.79 Å². The van der Waals surface area contributed by atoms with E-state index in [0.29, 0.717) is 0 Å². The fraction of sp³-hybridized carbons (Fsp3) is 0.696. The smallest absolute Gasteiger partial charge is 0.319 e. The van der Waals surface area contributed by atoms with Gasteiger partial charge in [-0.2, -0.15) is 0 Å². The zero-order chi connectivity index (χ0) is 23.1. The third-order valence-corrected chi connectivity index (χ3v) is 8.16. The molecule has 2 aromatic rings. The summed E-state index contributed by atoms with van der Waals surface area (Å²) in [6.07, 6.45) is 7.12. The van der Waals surface area contributed by atoms with E-state index >= 15 is 0 Å². The number of carboxylic acid groups (broad SMARTS) is 1. The summed E-state index contributed by atoms with van der Waals surface area (Å²) in [5.41, 5.74) is 2.23. The number of anilines is 1. The number of hydrogen-bond donors (Lipinski definition) is 1. The number of hydrogen-bond acceptors (Lipinski definition) is 7. The Kier molecular flexibility index (Phi) is 12.0. The first-order valence-electron chi connectivity index (χ1n) is 11.1. The summed E-state index contributed by atoms with van der Waals surface area (Å²) in [7, 11) is 0. The van der Waals surface area contributed by atoms with Crippen molar-refractivity contribution in [3.8, 4) is 0 Å². The lowest BCUT2D eigenvalue weighted by Crippen LogP contribution is -2.27. The zero-order valence-corrected chi connectivity index (χ0v) is 23.4. The van der Waals surface area contributed by atoms with E-state index in [4.69, 9.17) is 4.98 Å². The molecule has 0 spiro atoms. The average molecular weight is 520 g/mol. The van der Waals surface area contributed by atoms with Crippen molar-refractivity contribution in [2.45, 2.75) is 94.6 Å². The number of unbranched alkanes of at least 4 members (excludes halogenated alkanes) is 4. The summed E-state index contributed by atoms with van der Waals surface area (Å²) >= 11 is 4.58. The molecule has 9 heteroatoms. The molecule has 0 aliphatic heterocycles. The van der Waals surface area contributed by atoms with Crippen LogP contribution >= 0.6 is 46.8 Å². The minimum atomic E-state index is -0.871. The average Bonchev–Trinajstić information content (AvgIpc) is 3.33. The lowest BCUT2D eigenvalue weighted by atomic mass is 9.93. The predicted molar refractivity (Wildman–Crippen MR) is 142 cm³/mol. The van der Waals surface area contributed by atoms with Gasteiger partial charge in [0.2, 0.25) is 0 Å². The van der Waals surface area contributed by atoms with Gasteiger partial charge in [0, 0.05) is 35.7 Å². The lowest BCUT2D eigenvalue weighted by Gasteiger charge is -2.22. The number of thiazole rings is 2. The Morgan fingerprint density at radius 2 is 1.72 bits per heavy atom. The van der Waals surface area contributed by atoms with Crippen LogP contribution in [0.1, 0.15) is 85.0 Å². The van der Waals surface area contributed by atoms with Crippen LogP contribution in [-0.2, 0) is 16.6 Å². The van der Waals surface area contributed by atoms with Crippen molar-refractivity contribution in [2.75, 3.05) is 18.0 Å². The van der Waals surface area contributed by atoms with E-state index in [9.17, 15) is 9.90 Å². The van der Waals surface area contributed by atoms with E-state index in [2.05, 4.69) is 48.3 Å². The number of carbonyl (C=O) groups is 1. The molecular formula is C23H38ClN3O2S3. The van der Waals surface area contributed by atoms with Crippen LogP contribution in [0.15, 0.2) is 15.1 Å². The minimum Gasteiger partial charge on any atom is -0.480 e. The summed E-state index contributed by atoms with van der Waals surface area (Å²) in [6.45, 7) is 14.2. The minimum absolute atomic E-state index is 0. The Balaban J connectivity index is 0.00000512. The first-order valence-corrected chi connectivity index (χ1v) is 13.7. The van der Waals surface area contributed by atoms with Gasteiger partial charge in [-0.15, -0.1) is 35.1 Å². The first-order chi connectivity index (χ1) is 14.5. The maximum atomic E-state index is 11.4. The largest absolute Gasteiger partial charge is 0.480 e. The highest BCUT2D eigenvalue weighted by atomic mass is 35.5. The summed E-state index contributed by atoms with van der Waals surface area (Å²) in [4.78, 5) is 23.4. The molecule has 0 atom stereocenters. The molecule has 0 aromatic carbocycles. The number of thioether (sulfide) groups is 1. The molecule has 1 N–H and O–H groups in total. The monoisotopic (exact) mass is 519 g/mol. The summed E-state index contributed by atoms with van der Waals surface area (Å²) in [6, 6.07) is 0. The molecule has 0 aliphatic carbocycles. The van der Waals surface area contributed by atoms with Crippen molar-refractivity contribution < 1.29 is 9.90 Å². The van der Waals surface area contributed by atoms with E-state index in [1.54, 1.807) is 25.2 Å². The van der Waals surface area contributed by atoms with Gasteiger partial charge >= 0.3 is 5.97 Å². The van der Waals surface area contributed by atoms with Crippen LogP contribution < -0.4 is 4.90 Å². The summed E-state index contributed by atoms with van der Waals surface area (Å²) < 4.78 is -0.0537. The molecule has 5 nitrogen and oxygen atoms in total.